The summed E-state index contributed by atoms with van der Waals surface area (Å²) in [7, 11) is 0. The first-order chi connectivity index (χ1) is 18.0. The minimum atomic E-state index is -0.262. The summed E-state index contributed by atoms with van der Waals surface area (Å²) in [6.45, 7) is 4.23. The van der Waals surface area contributed by atoms with E-state index in [9.17, 15) is 9.59 Å². The van der Waals surface area contributed by atoms with Gasteiger partial charge in [0.05, 0.1) is 17.7 Å². The van der Waals surface area contributed by atoms with Gasteiger partial charge in [-0.3, -0.25) is 14.5 Å². The van der Waals surface area contributed by atoms with E-state index >= 15 is 0 Å². The van der Waals surface area contributed by atoms with E-state index in [-0.39, 0.29) is 18.4 Å². The van der Waals surface area contributed by atoms with Crippen molar-refractivity contribution in [2.45, 2.75) is 20.4 Å². The SMILES string of the molecule is Cc1ccc(-c2nnc(Nc3ccccc3C)c3ccccc23)cc1CN1C(=O)c2ccccc2C1=O. The van der Waals surface area contributed by atoms with E-state index in [2.05, 4.69) is 28.5 Å². The highest BCUT2D eigenvalue weighted by Crippen LogP contribution is 2.33. The zero-order chi connectivity index (χ0) is 25.5. The van der Waals surface area contributed by atoms with Crippen molar-refractivity contribution in [3.8, 4) is 11.3 Å². The monoisotopic (exact) mass is 484 g/mol. The molecule has 0 atom stereocenters. The Morgan fingerprint density at radius 1 is 0.703 bits per heavy atom. The van der Waals surface area contributed by atoms with E-state index in [1.54, 1.807) is 24.3 Å². The number of imide groups is 1. The van der Waals surface area contributed by atoms with Crippen molar-refractivity contribution in [3.63, 3.8) is 0 Å². The van der Waals surface area contributed by atoms with Crippen LogP contribution in [0.4, 0.5) is 11.5 Å². The Morgan fingerprint density at radius 2 is 1.35 bits per heavy atom. The second kappa shape index (κ2) is 8.99. The van der Waals surface area contributed by atoms with Crippen molar-refractivity contribution < 1.29 is 9.59 Å². The van der Waals surface area contributed by atoms with Crippen LogP contribution in [0.15, 0.2) is 91.0 Å². The first-order valence-corrected chi connectivity index (χ1v) is 12.1. The Labute approximate surface area is 214 Å². The van der Waals surface area contributed by atoms with Crippen molar-refractivity contribution in [3.05, 3.63) is 119 Å². The molecule has 0 unspecified atom stereocenters. The molecule has 6 heteroatoms. The van der Waals surface area contributed by atoms with Crippen LogP contribution in [-0.4, -0.2) is 26.9 Å². The van der Waals surface area contributed by atoms with Gasteiger partial charge in [0.1, 0.15) is 5.69 Å². The second-order valence-corrected chi connectivity index (χ2v) is 9.27. The normalized spacial score (nSPS) is 12.8. The topological polar surface area (TPSA) is 75.2 Å². The summed E-state index contributed by atoms with van der Waals surface area (Å²) in [5.41, 5.74) is 6.51. The molecule has 6 nitrogen and oxygen atoms in total. The zero-order valence-corrected chi connectivity index (χ0v) is 20.5. The summed E-state index contributed by atoms with van der Waals surface area (Å²) in [5.74, 6) is 0.163. The molecule has 37 heavy (non-hydrogen) atoms. The third-order valence-corrected chi connectivity index (χ3v) is 6.91. The van der Waals surface area contributed by atoms with E-state index in [0.717, 1.165) is 44.4 Å². The summed E-state index contributed by atoms with van der Waals surface area (Å²) in [4.78, 5) is 27.2. The smallest absolute Gasteiger partial charge is 0.261 e. The molecule has 180 valence electrons. The van der Waals surface area contributed by atoms with Crippen LogP contribution in [0.2, 0.25) is 0 Å². The van der Waals surface area contributed by atoms with E-state index in [0.29, 0.717) is 16.9 Å². The van der Waals surface area contributed by atoms with E-state index in [1.165, 1.54) is 4.90 Å². The van der Waals surface area contributed by atoms with Gasteiger partial charge in [0.15, 0.2) is 5.82 Å². The molecule has 2 heterocycles. The molecule has 4 aromatic carbocycles. The van der Waals surface area contributed by atoms with Crippen molar-refractivity contribution in [1.82, 2.24) is 15.1 Å². The minimum Gasteiger partial charge on any atom is -0.338 e. The number of benzene rings is 4. The Kier molecular flexibility index (Phi) is 5.49. The number of hydrogen-bond acceptors (Lipinski definition) is 5. The lowest BCUT2D eigenvalue weighted by atomic mass is 9.99. The number of anilines is 2. The van der Waals surface area contributed by atoms with Gasteiger partial charge in [-0.2, -0.15) is 0 Å². The van der Waals surface area contributed by atoms with Crippen molar-refractivity contribution >= 4 is 34.1 Å². The molecule has 0 fully saturated rings. The Bertz CT molecular complexity index is 1670. The van der Waals surface area contributed by atoms with Crippen LogP contribution in [0.1, 0.15) is 37.4 Å². The van der Waals surface area contributed by atoms with Gasteiger partial charge in [-0.15, -0.1) is 10.2 Å². The molecular formula is C31H24N4O2. The molecule has 0 bridgehead atoms. The first-order valence-electron chi connectivity index (χ1n) is 12.1. The number of nitrogens with one attached hydrogen (secondary N) is 1. The average Bonchev–Trinajstić information content (AvgIpc) is 3.16. The van der Waals surface area contributed by atoms with Crippen LogP contribution in [0.5, 0.6) is 0 Å². The van der Waals surface area contributed by atoms with Gasteiger partial charge in [0.2, 0.25) is 0 Å². The van der Waals surface area contributed by atoms with E-state index in [1.807, 2.05) is 67.6 Å². The summed E-state index contributed by atoms with van der Waals surface area (Å²) in [6.07, 6.45) is 0. The Hall–Kier alpha value is -4.84. The maximum Gasteiger partial charge on any atom is 0.261 e. The summed E-state index contributed by atoms with van der Waals surface area (Å²) in [6, 6.07) is 29.1. The molecule has 1 aliphatic rings. The van der Waals surface area contributed by atoms with Gasteiger partial charge in [-0.25, -0.2) is 0 Å². The standard InChI is InChI=1S/C31H24N4O2/c1-19-15-16-21(17-22(19)18-35-30(36)25-12-6-7-13-26(25)31(35)37)28-23-10-4-5-11-24(23)29(34-33-28)32-27-14-8-3-9-20(27)2/h3-17H,18H2,1-2H3,(H,32,34). The number of nitrogens with zero attached hydrogens (tertiary/aromatic N) is 3. The molecule has 5 aromatic rings. The van der Waals surface area contributed by atoms with Crippen LogP contribution in [0.25, 0.3) is 22.0 Å². The molecule has 6 rings (SSSR count). The highest BCUT2D eigenvalue weighted by atomic mass is 16.2. The Balaban J connectivity index is 1.37. The van der Waals surface area contributed by atoms with Crippen molar-refractivity contribution in [1.29, 1.82) is 0 Å². The number of carbonyl (C=O) groups excluding carboxylic acids is 2. The fourth-order valence-corrected chi connectivity index (χ4v) is 4.79. The summed E-state index contributed by atoms with van der Waals surface area (Å²) >= 11 is 0. The lowest BCUT2D eigenvalue weighted by Gasteiger charge is -2.17. The molecule has 0 radical (unpaired) electrons. The molecule has 1 N–H and O–H groups in total. The number of hydrogen-bond donors (Lipinski definition) is 1. The maximum atomic E-state index is 12.9. The second-order valence-electron chi connectivity index (χ2n) is 9.27. The van der Waals surface area contributed by atoms with Crippen LogP contribution in [0.3, 0.4) is 0 Å². The largest absolute Gasteiger partial charge is 0.338 e. The highest BCUT2D eigenvalue weighted by Gasteiger charge is 2.35. The van der Waals surface area contributed by atoms with E-state index < -0.39 is 0 Å². The lowest BCUT2D eigenvalue weighted by molar-refractivity contribution is 0.0642. The third kappa shape index (κ3) is 3.93. The Morgan fingerprint density at radius 3 is 2.08 bits per heavy atom. The van der Waals surface area contributed by atoms with Gasteiger partial charge in [0, 0.05) is 22.0 Å². The van der Waals surface area contributed by atoms with Gasteiger partial charge in [0.25, 0.3) is 11.8 Å². The molecule has 0 saturated carbocycles. The fourth-order valence-electron chi connectivity index (χ4n) is 4.79. The van der Waals surface area contributed by atoms with Gasteiger partial charge in [-0.05, 0) is 54.8 Å². The number of aryl methyl sites for hydroxylation is 2. The van der Waals surface area contributed by atoms with Crippen LogP contribution in [0, 0.1) is 13.8 Å². The van der Waals surface area contributed by atoms with Crippen molar-refractivity contribution in [2.75, 3.05) is 5.32 Å². The zero-order valence-electron chi connectivity index (χ0n) is 20.5. The lowest BCUT2D eigenvalue weighted by Crippen LogP contribution is -2.29. The number of para-hydroxylation sites is 1. The number of fused-ring (bicyclic) bond motifs is 2. The molecular weight excluding hydrogens is 460 g/mol. The average molecular weight is 485 g/mol. The predicted octanol–water partition coefficient (Wildman–Crippen LogP) is 6.45. The summed E-state index contributed by atoms with van der Waals surface area (Å²) < 4.78 is 0. The number of rotatable bonds is 5. The molecule has 2 amide bonds. The fraction of sp³-hybridized carbons (Fsp3) is 0.0968. The molecule has 0 spiro atoms. The number of amides is 2. The number of carbonyl (C=O) groups is 2. The highest BCUT2D eigenvalue weighted by molar-refractivity contribution is 6.21. The summed E-state index contributed by atoms with van der Waals surface area (Å²) in [5, 5.41) is 14.5. The van der Waals surface area contributed by atoms with Crippen LogP contribution < -0.4 is 5.32 Å². The van der Waals surface area contributed by atoms with Gasteiger partial charge in [-0.1, -0.05) is 66.7 Å². The van der Waals surface area contributed by atoms with E-state index in [4.69, 9.17) is 0 Å². The third-order valence-electron chi connectivity index (χ3n) is 6.91. The first kappa shape index (κ1) is 22.6. The van der Waals surface area contributed by atoms with Gasteiger partial charge < -0.3 is 5.32 Å². The van der Waals surface area contributed by atoms with Crippen LogP contribution in [-0.2, 0) is 6.54 Å². The predicted molar refractivity (Wildman–Crippen MR) is 145 cm³/mol. The van der Waals surface area contributed by atoms with Crippen LogP contribution >= 0.6 is 0 Å². The number of aromatic nitrogens is 2. The molecule has 1 aromatic heterocycles. The van der Waals surface area contributed by atoms with Crippen molar-refractivity contribution in [2.24, 2.45) is 0 Å². The van der Waals surface area contributed by atoms with Gasteiger partial charge >= 0.3 is 0 Å². The molecule has 1 aliphatic heterocycles. The molecule has 0 aliphatic carbocycles. The minimum absolute atomic E-state index is 0.199. The maximum absolute atomic E-state index is 12.9. The molecule has 0 saturated heterocycles. The quantitative estimate of drug-likeness (QED) is 0.290.